The van der Waals surface area contributed by atoms with E-state index in [9.17, 15) is 9.59 Å². The van der Waals surface area contributed by atoms with Gasteiger partial charge in [-0.15, -0.1) is 0 Å². The van der Waals surface area contributed by atoms with Crippen molar-refractivity contribution in [3.63, 3.8) is 0 Å². The quantitative estimate of drug-likeness (QED) is 0.437. The largest absolute Gasteiger partial charge is 0.489 e. The molecule has 3 aliphatic heterocycles. The highest BCUT2D eigenvalue weighted by molar-refractivity contribution is 6.01. The van der Waals surface area contributed by atoms with Crippen LogP contribution in [0.15, 0.2) is 47.3 Å². The fourth-order valence-electron chi connectivity index (χ4n) is 6.49. The number of H-pyrrole nitrogens is 1. The first-order valence-corrected chi connectivity index (χ1v) is 15.5. The lowest BCUT2D eigenvalue weighted by molar-refractivity contribution is 0.0825. The number of fused-ring (bicyclic) bond motifs is 1. The van der Waals surface area contributed by atoms with Crippen LogP contribution >= 0.6 is 0 Å². The number of aryl methyl sites for hydroxylation is 2. The normalized spacial score (nSPS) is 18.3. The van der Waals surface area contributed by atoms with Gasteiger partial charge in [-0.2, -0.15) is 0 Å². The number of nitrogens with one attached hydrogen (secondary N) is 2. The van der Waals surface area contributed by atoms with Gasteiger partial charge in [-0.1, -0.05) is 24.3 Å². The maximum atomic E-state index is 13.8. The Hall–Kier alpha value is -3.66. The zero-order valence-corrected chi connectivity index (χ0v) is 25.6. The van der Waals surface area contributed by atoms with E-state index in [4.69, 9.17) is 9.47 Å². The van der Waals surface area contributed by atoms with Crippen molar-refractivity contribution >= 4 is 11.6 Å². The van der Waals surface area contributed by atoms with Crippen LogP contribution in [-0.2, 0) is 17.8 Å². The Morgan fingerprint density at radius 1 is 0.953 bits per heavy atom. The molecular formula is C34H43N5O4. The summed E-state index contributed by atoms with van der Waals surface area (Å²) >= 11 is 0. The molecule has 0 aliphatic carbocycles. The highest BCUT2D eigenvalue weighted by Gasteiger charge is 2.31. The summed E-state index contributed by atoms with van der Waals surface area (Å²) in [5, 5.41) is 3.01. The Bertz CT molecular complexity index is 1500. The van der Waals surface area contributed by atoms with Crippen molar-refractivity contribution in [1.82, 2.24) is 20.1 Å². The van der Waals surface area contributed by atoms with Crippen molar-refractivity contribution in [3.8, 4) is 16.9 Å². The van der Waals surface area contributed by atoms with E-state index in [1.165, 1.54) is 5.56 Å². The van der Waals surface area contributed by atoms with Crippen LogP contribution in [0.1, 0.15) is 45.6 Å². The van der Waals surface area contributed by atoms with Crippen LogP contribution in [-0.4, -0.2) is 86.3 Å². The molecule has 43 heavy (non-hydrogen) atoms. The molecule has 0 atom stereocenters. The summed E-state index contributed by atoms with van der Waals surface area (Å²) in [6, 6.07) is 15.1. The fraction of sp³-hybridized carbons (Fsp3) is 0.471. The number of ether oxygens (including phenoxy) is 2. The number of aromatic nitrogens is 1. The SMILES string of the molecule is Cc1cc(C)c(CNC(=O)c2cc(-c3ccc(CN4CCN(C)CC4)cc3)cc3c2OCCN3C2CCOCC2)c(=O)[nH]1. The zero-order chi connectivity index (χ0) is 29.9. The van der Waals surface area contributed by atoms with Crippen molar-refractivity contribution in [3.05, 3.63) is 80.8 Å². The lowest BCUT2D eigenvalue weighted by atomic mass is 9.96. The number of carbonyl (C=O) groups is 1. The minimum Gasteiger partial charge on any atom is -0.489 e. The molecular weight excluding hydrogens is 542 g/mol. The number of anilines is 1. The second-order valence-corrected chi connectivity index (χ2v) is 12.2. The molecule has 2 N–H and O–H groups in total. The number of hydrogen-bond donors (Lipinski definition) is 2. The molecule has 6 rings (SSSR count). The second-order valence-electron chi connectivity index (χ2n) is 12.2. The van der Waals surface area contributed by atoms with Crippen LogP contribution in [0.2, 0.25) is 0 Å². The third-order valence-corrected chi connectivity index (χ3v) is 9.04. The first kappa shape index (κ1) is 29.4. The van der Waals surface area contributed by atoms with Gasteiger partial charge < -0.3 is 29.6 Å². The van der Waals surface area contributed by atoms with E-state index in [0.717, 1.165) is 93.4 Å². The van der Waals surface area contributed by atoms with Crippen LogP contribution in [0, 0.1) is 13.8 Å². The van der Waals surface area contributed by atoms with Gasteiger partial charge in [0, 0.05) is 69.8 Å². The first-order chi connectivity index (χ1) is 20.9. The summed E-state index contributed by atoms with van der Waals surface area (Å²) < 4.78 is 11.9. The van der Waals surface area contributed by atoms with Gasteiger partial charge in [0.1, 0.15) is 6.61 Å². The van der Waals surface area contributed by atoms with Gasteiger partial charge >= 0.3 is 0 Å². The number of carbonyl (C=O) groups excluding carboxylic acids is 1. The predicted octanol–water partition coefficient (Wildman–Crippen LogP) is 3.71. The molecule has 0 radical (unpaired) electrons. The highest BCUT2D eigenvalue weighted by Crippen LogP contribution is 2.41. The van der Waals surface area contributed by atoms with E-state index in [-0.39, 0.29) is 18.0 Å². The monoisotopic (exact) mass is 585 g/mol. The molecule has 3 aromatic rings. The number of amides is 1. The number of aromatic amines is 1. The molecule has 9 heteroatoms. The maximum absolute atomic E-state index is 13.8. The summed E-state index contributed by atoms with van der Waals surface area (Å²) in [7, 11) is 2.18. The zero-order valence-electron chi connectivity index (χ0n) is 25.6. The smallest absolute Gasteiger partial charge is 0.255 e. The summed E-state index contributed by atoms with van der Waals surface area (Å²) in [4.78, 5) is 36.5. The van der Waals surface area contributed by atoms with Crippen molar-refractivity contribution in [2.24, 2.45) is 0 Å². The Balaban J connectivity index is 1.30. The van der Waals surface area contributed by atoms with Gasteiger partial charge in [-0.25, -0.2) is 0 Å². The van der Waals surface area contributed by atoms with Crippen molar-refractivity contribution < 1.29 is 14.3 Å². The molecule has 1 amide bonds. The topological polar surface area (TPSA) is 90.1 Å². The summed E-state index contributed by atoms with van der Waals surface area (Å²) in [6.45, 7) is 12.0. The third kappa shape index (κ3) is 6.64. The minimum absolute atomic E-state index is 0.143. The van der Waals surface area contributed by atoms with Crippen LogP contribution in [0.5, 0.6) is 5.75 Å². The third-order valence-electron chi connectivity index (χ3n) is 9.04. The van der Waals surface area contributed by atoms with E-state index in [1.54, 1.807) is 0 Å². The number of rotatable bonds is 7. The van der Waals surface area contributed by atoms with E-state index in [0.29, 0.717) is 29.5 Å². The van der Waals surface area contributed by atoms with E-state index < -0.39 is 0 Å². The van der Waals surface area contributed by atoms with Gasteiger partial charge in [-0.05, 0) is 74.2 Å². The molecule has 228 valence electrons. The average Bonchev–Trinajstić information content (AvgIpc) is 3.01. The summed E-state index contributed by atoms with van der Waals surface area (Å²) in [5.74, 6) is 0.359. The van der Waals surface area contributed by atoms with E-state index >= 15 is 0 Å². The molecule has 0 saturated carbocycles. The van der Waals surface area contributed by atoms with Crippen LogP contribution in [0.25, 0.3) is 11.1 Å². The number of likely N-dealkylation sites (N-methyl/N-ethyl adjacent to an activating group) is 1. The first-order valence-electron chi connectivity index (χ1n) is 15.5. The van der Waals surface area contributed by atoms with Crippen LogP contribution < -0.4 is 20.5 Å². The highest BCUT2D eigenvalue weighted by atomic mass is 16.5. The van der Waals surface area contributed by atoms with Gasteiger partial charge in [-0.3, -0.25) is 14.5 Å². The lowest BCUT2D eigenvalue weighted by Crippen LogP contribution is -2.44. The number of pyridine rings is 1. The lowest BCUT2D eigenvalue weighted by Gasteiger charge is -2.40. The second kappa shape index (κ2) is 12.9. The standard InChI is InChI=1S/C34H43N5O4/c1-23-18-24(2)36-34(41)30(23)21-35-33(40)29-19-27(20-31-32(29)43-17-14-39(31)28-8-15-42-16-9-28)26-6-4-25(5-7-26)22-38-12-10-37(3)11-13-38/h4-7,18-20,28H,8-17,21-22H2,1-3H3,(H,35,40)(H,36,41). The molecule has 1 aromatic heterocycles. The Morgan fingerprint density at radius 2 is 1.70 bits per heavy atom. The van der Waals surface area contributed by atoms with E-state index in [1.807, 2.05) is 26.0 Å². The molecule has 0 bridgehead atoms. The van der Waals surface area contributed by atoms with E-state index in [2.05, 4.69) is 62.4 Å². The maximum Gasteiger partial charge on any atom is 0.255 e. The Kier molecular flexibility index (Phi) is 8.83. The minimum atomic E-state index is -0.252. The molecule has 2 saturated heterocycles. The molecule has 0 unspecified atom stereocenters. The van der Waals surface area contributed by atoms with Crippen molar-refractivity contribution in [1.29, 1.82) is 0 Å². The Labute approximate surface area is 253 Å². The van der Waals surface area contributed by atoms with Gasteiger partial charge in [0.25, 0.3) is 11.5 Å². The van der Waals surface area contributed by atoms with Crippen molar-refractivity contribution in [2.45, 2.75) is 45.8 Å². The fourth-order valence-corrected chi connectivity index (χ4v) is 6.49. The Morgan fingerprint density at radius 3 is 2.42 bits per heavy atom. The molecule has 2 fully saturated rings. The van der Waals surface area contributed by atoms with Gasteiger partial charge in [0.05, 0.1) is 17.8 Å². The molecule has 9 nitrogen and oxygen atoms in total. The van der Waals surface area contributed by atoms with Crippen LogP contribution in [0.4, 0.5) is 5.69 Å². The molecule has 0 spiro atoms. The number of benzene rings is 2. The van der Waals surface area contributed by atoms with Crippen LogP contribution in [0.3, 0.4) is 0 Å². The number of hydrogen-bond acceptors (Lipinski definition) is 7. The van der Waals surface area contributed by atoms with Gasteiger partial charge in [0.15, 0.2) is 5.75 Å². The average molecular weight is 586 g/mol. The van der Waals surface area contributed by atoms with Gasteiger partial charge in [0.2, 0.25) is 0 Å². The number of nitrogens with zero attached hydrogens (tertiary/aromatic N) is 3. The molecule has 2 aromatic carbocycles. The summed E-state index contributed by atoms with van der Waals surface area (Å²) in [5.41, 5.74) is 6.81. The number of piperazine rings is 1. The molecule has 4 heterocycles. The molecule has 3 aliphatic rings. The predicted molar refractivity (Wildman–Crippen MR) is 169 cm³/mol. The van der Waals surface area contributed by atoms with Crippen molar-refractivity contribution in [2.75, 3.05) is 64.5 Å². The summed E-state index contributed by atoms with van der Waals surface area (Å²) in [6.07, 6.45) is 1.89.